The van der Waals surface area contributed by atoms with Gasteiger partial charge < -0.3 is 10.1 Å². The molecule has 0 aliphatic rings. The van der Waals surface area contributed by atoms with Gasteiger partial charge in [0.05, 0.1) is 21.7 Å². The average Bonchev–Trinajstić information content (AvgIpc) is 2.78. The van der Waals surface area contributed by atoms with Crippen LogP contribution in [0.4, 0.5) is 32.0 Å². The molecule has 1 amide bonds. The van der Waals surface area contributed by atoms with E-state index in [4.69, 9.17) is 16.3 Å². The van der Waals surface area contributed by atoms with Gasteiger partial charge in [-0.25, -0.2) is 4.79 Å². The number of alkyl halides is 6. The molecule has 0 aliphatic carbocycles. The Bertz CT molecular complexity index is 1180. The Kier molecular flexibility index (Phi) is 7.21. The largest absolute Gasteiger partial charge is 0.444 e. The number of hydrogen-bond donors (Lipinski definition) is 1. The van der Waals surface area contributed by atoms with Crippen LogP contribution in [-0.2, 0) is 21.9 Å². The van der Waals surface area contributed by atoms with Gasteiger partial charge in [-0.2, -0.15) is 26.3 Å². The third-order valence-electron chi connectivity index (χ3n) is 4.55. The van der Waals surface area contributed by atoms with E-state index >= 15 is 0 Å². The molecule has 178 valence electrons. The molecule has 11 heteroatoms. The molecule has 1 N–H and O–H groups in total. The monoisotopic (exact) mass is 501 g/mol. The standard InChI is InChI=1S/C23H14ClF6NO3/c24-18-11-10-16(12-17(18)23(28,29)30)31-20(32)19(13-4-2-1-3-5-13)34-21(33)14-6-8-15(9-7-14)22(25,26)27/h1-12,19H,(H,31,32). The summed E-state index contributed by atoms with van der Waals surface area (Å²) >= 11 is 5.58. The van der Waals surface area contributed by atoms with Gasteiger partial charge in [0.25, 0.3) is 5.91 Å². The van der Waals surface area contributed by atoms with Gasteiger partial charge in [-0.15, -0.1) is 0 Å². The van der Waals surface area contributed by atoms with Crippen LogP contribution in [-0.4, -0.2) is 11.9 Å². The summed E-state index contributed by atoms with van der Waals surface area (Å²) in [6.07, 6.45) is -11.0. The summed E-state index contributed by atoms with van der Waals surface area (Å²) in [5.41, 5.74) is -2.49. The highest BCUT2D eigenvalue weighted by molar-refractivity contribution is 6.31. The van der Waals surface area contributed by atoms with Crippen LogP contribution >= 0.6 is 11.6 Å². The fourth-order valence-electron chi connectivity index (χ4n) is 2.90. The van der Waals surface area contributed by atoms with Crippen LogP contribution in [0, 0.1) is 0 Å². The quantitative estimate of drug-likeness (QED) is 0.305. The number of carbonyl (C=O) groups excluding carboxylic acids is 2. The first kappa shape index (κ1) is 25.1. The first-order valence-electron chi connectivity index (χ1n) is 9.47. The molecule has 4 nitrogen and oxygen atoms in total. The van der Waals surface area contributed by atoms with Crippen molar-refractivity contribution in [2.75, 3.05) is 5.32 Å². The Morgan fingerprint density at radius 1 is 0.824 bits per heavy atom. The molecule has 0 saturated carbocycles. The third kappa shape index (κ3) is 6.07. The normalized spacial score (nSPS) is 12.7. The molecular weight excluding hydrogens is 488 g/mol. The zero-order valence-electron chi connectivity index (χ0n) is 16.9. The van der Waals surface area contributed by atoms with E-state index in [0.29, 0.717) is 18.2 Å². The molecule has 0 bridgehead atoms. The number of benzene rings is 3. The van der Waals surface area contributed by atoms with Crippen LogP contribution < -0.4 is 5.32 Å². The van der Waals surface area contributed by atoms with E-state index in [1.165, 1.54) is 24.3 Å². The minimum Gasteiger partial charge on any atom is -0.444 e. The molecule has 0 aromatic heterocycles. The minimum absolute atomic E-state index is 0.185. The maximum atomic E-state index is 13.1. The van der Waals surface area contributed by atoms with Gasteiger partial charge >= 0.3 is 18.3 Å². The molecule has 34 heavy (non-hydrogen) atoms. The number of nitrogens with one attached hydrogen (secondary N) is 1. The summed E-state index contributed by atoms with van der Waals surface area (Å²) < 4.78 is 82.8. The van der Waals surface area contributed by atoms with E-state index in [1.54, 1.807) is 6.07 Å². The zero-order valence-corrected chi connectivity index (χ0v) is 17.6. The Hall–Kier alpha value is -3.53. The Morgan fingerprint density at radius 3 is 2.00 bits per heavy atom. The van der Waals surface area contributed by atoms with Crippen molar-refractivity contribution in [2.24, 2.45) is 0 Å². The van der Waals surface area contributed by atoms with Crippen molar-refractivity contribution in [1.82, 2.24) is 0 Å². The number of halogens is 7. The first-order chi connectivity index (χ1) is 15.9. The third-order valence-corrected chi connectivity index (χ3v) is 4.88. The van der Waals surface area contributed by atoms with Crippen molar-refractivity contribution >= 4 is 29.2 Å². The fourth-order valence-corrected chi connectivity index (χ4v) is 3.12. The van der Waals surface area contributed by atoms with E-state index < -0.39 is 46.5 Å². The van der Waals surface area contributed by atoms with Gasteiger partial charge in [0.1, 0.15) is 0 Å². The van der Waals surface area contributed by atoms with Crippen LogP contribution in [0.2, 0.25) is 5.02 Å². The van der Waals surface area contributed by atoms with Gasteiger partial charge in [-0.3, -0.25) is 4.79 Å². The summed E-state index contributed by atoms with van der Waals surface area (Å²) in [7, 11) is 0. The van der Waals surface area contributed by atoms with E-state index in [1.807, 2.05) is 0 Å². The second-order valence-electron chi connectivity index (χ2n) is 6.95. The molecule has 1 atom stereocenters. The van der Waals surface area contributed by atoms with E-state index in [0.717, 1.165) is 24.3 Å². The summed E-state index contributed by atoms with van der Waals surface area (Å²) in [4.78, 5) is 25.4. The molecule has 3 rings (SSSR count). The lowest BCUT2D eigenvalue weighted by Crippen LogP contribution is -2.26. The maximum Gasteiger partial charge on any atom is 0.417 e. The van der Waals surface area contributed by atoms with Crippen molar-refractivity contribution in [3.8, 4) is 0 Å². The van der Waals surface area contributed by atoms with Gasteiger partial charge in [0.2, 0.25) is 6.10 Å². The number of carbonyl (C=O) groups is 2. The van der Waals surface area contributed by atoms with Crippen LogP contribution in [0.1, 0.15) is 33.2 Å². The minimum atomic E-state index is -4.77. The molecule has 0 fully saturated rings. The van der Waals surface area contributed by atoms with Gasteiger partial charge in [0, 0.05) is 11.3 Å². The highest BCUT2D eigenvalue weighted by Crippen LogP contribution is 2.36. The highest BCUT2D eigenvalue weighted by atomic mass is 35.5. The molecule has 0 heterocycles. The van der Waals surface area contributed by atoms with Gasteiger partial charge in [0.15, 0.2) is 0 Å². The lowest BCUT2D eigenvalue weighted by atomic mass is 10.1. The molecule has 0 spiro atoms. The number of hydrogen-bond acceptors (Lipinski definition) is 3. The molecule has 0 saturated heterocycles. The summed E-state index contributed by atoms with van der Waals surface area (Å²) in [5, 5.41) is 1.67. The number of esters is 1. The Labute approximate surface area is 194 Å². The number of anilines is 1. The van der Waals surface area contributed by atoms with E-state index in [9.17, 15) is 35.9 Å². The maximum absolute atomic E-state index is 13.1. The van der Waals surface area contributed by atoms with Gasteiger partial charge in [-0.05, 0) is 42.5 Å². The molecule has 0 aliphatic heterocycles. The Morgan fingerprint density at radius 2 is 1.44 bits per heavy atom. The topological polar surface area (TPSA) is 55.4 Å². The number of ether oxygens (including phenoxy) is 1. The van der Waals surface area contributed by atoms with Gasteiger partial charge in [-0.1, -0.05) is 41.9 Å². The summed E-state index contributed by atoms with van der Waals surface area (Å²) in [6.45, 7) is 0. The lowest BCUT2D eigenvalue weighted by molar-refractivity contribution is -0.138. The average molecular weight is 502 g/mol. The predicted molar refractivity (Wildman–Crippen MR) is 111 cm³/mol. The fraction of sp³-hybridized carbons (Fsp3) is 0.130. The molecule has 1 unspecified atom stereocenters. The van der Waals surface area contributed by atoms with Crippen LogP contribution in [0.25, 0.3) is 0 Å². The number of amides is 1. The summed E-state index contributed by atoms with van der Waals surface area (Å²) in [6, 6.07) is 13.4. The summed E-state index contributed by atoms with van der Waals surface area (Å²) in [5.74, 6) is -2.09. The lowest BCUT2D eigenvalue weighted by Gasteiger charge is -2.19. The first-order valence-corrected chi connectivity index (χ1v) is 9.85. The van der Waals surface area contributed by atoms with E-state index in [-0.39, 0.29) is 16.8 Å². The van der Waals surface area contributed by atoms with Crippen LogP contribution in [0.5, 0.6) is 0 Å². The SMILES string of the molecule is O=C(OC(C(=O)Nc1ccc(Cl)c(C(F)(F)F)c1)c1ccccc1)c1ccc(C(F)(F)F)cc1. The van der Waals surface area contributed by atoms with Crippen molar-refractivity contribution in [1.29, 1.82) is 0 Å². The molecular formula is C23H14ClF6NO3. The predicted octanol–water partition coefficient (Wildman–Crippen LogP) is 6.91. The van der Waals surface area contributed by atoms with Crippen LogP contribution in [0.3, 0.4) is 0 Å². The van der Waals surface area contributed by atoms with Crippen molar-refractivity contribution in [3.05, 3.63) is 100 Å². The number of rotatable bonds is 5. The molecule has 3 aromatic rings. The highest BCUT2D eigenvalue weighted by Gasteiger charge is 2.34. The molecule has 0 radical (unpaired) electrons. The van der Waals surface area contributed by atoms with Crippen molar-refractivity contribution < 1.29 is 40.7 Å². The van der Waals surface area contributed by atoms with Crippen LogP contribution in [0.15, 0.2) is 72.8 Å². The second kappa shape index (κ2) is 9.76. The van der Waals surface area contributed by atoms with Crippen molar-refractivity contribution in [3.63, 3.8) is 0 Å². The smallest absolute Gasteiger partial charge is 0.417 e. The molecule has 3 aromatic carbocycles. The Balaban J connectivity index is 1.86. The van der Waals surface area contributed by atoms with E-state index in [2.05, 4.69) is 5.32 Å². The second-order valence-corrected chi connectivity index (χ2v) is 7.36. The van der Waals surface area contributed by atoms with Crippen molar-refractivity contribution in [2.45, 2.75) is 18.5 Å². The zero-order chi connectivity index (χ0) is 25.1.